The Kier molecular flexibility index (Phi) is 5.16. The normalized spacial score (nSPS) is 12.3. The fourth-order valence-corrected chi connectivity index (χ4v) is 1.62. The van der Waals surface area contributed by atoms with E-state index in [1.54, 1.807) is 6.07 Å². The Balaban J connectivity index is 2.67. The van der Waals surface area contributed by atoms with Crippen LogP contribution in [0.15, 0.2) is 24.3 Å². The Labute approximate surface area is 109 Å². The molecule has 1 atom stereocenters. The molecule has 0 aromatic heterocycles. The van der Waals surface area contributed by atoms with E-state index in [-0.39, 0.29) is 5.97 Å². The van der Waals surface area contributed by atoms with Gasteiger partial charge in [0.2, 0.25) is 0 Å². The summed E-state index contributed by atoms with van der Waals surface area (Å²) in [6, 6.07) is 6.82. The lowest BCUT2D eigenvalue weighted by atomic mass is 10.1. The van der Waals surface area contributed by atoms with E-state index >= 15 is 0 Å². The van der Waals surface area contributed by atoms with E-state index in [4.69, 9.17) is 10.5 Å². The molecule has 1 rings (SSSR count). The number of rotatable bonds is 5. The van der Waals surface area contributed by atoms with Gasteiger partial charge in [-0.1, -0.05) is 19.9 Å². The molecular formula is C14H22N2O2. The Bertz CT molecular complexity index is 403. The first-order valence-electron chi connectivity index (χ1n) is 6.14. The van der Waals surface area contributed by atoms with Gasteiger partial charge in [0.05, 0.1) is 0 Å². The number of anilines is 1. The fourth-order valence-electron chi connectivity index (χ4n) is 1.62. The van der Waals surface area contributed by atoms with Crippen molar-refractivity contribution in [2.45, 2.75) is 26.3 Å². The monoisotopic (exact) mass is 250 g/mol. The molecule has 0 saturated carbocycles. The Morgan fingerprint density at radius 2 is 2.06 bits per heavy atom. The van der Waals surface area contributed by atoms with Gasteiger partial charge < -0.3 is 15.4 Å². The van der Waals surface area contributed by atoms with E-state index in [0.717, 1.165) is 5.69 Å². The standard InChI is InChI=1S/C14H22N2O2/c1-10(2)8-13(15)14(17)18-12-7-5-6-11(9-12)16(3)4/h5-7,9-10,13H,8,15H2,1-4H3. The van der Waals surface area contributed by atoms with Crippen LogP contribution in [0.1, 0.15) is 20.3 Å². The molecule has 4 heteroatoms. The topological polar surface area (TPSA) is 55.6 Å². The van der Waals surface area contributed by atoms with E-state index in [0.29, 0.717) is 18.1 Å². The molecular weight excluding hydrogens is 228 g/mol. The summed E-state index contributed by atoms with van der Waals surface area (Å²) in [7, 11) is 3.87. The minimum atomic E-state index is -0.562. The summed E-state index contributed by atoms with van der Waals surface area (Å²) >= 11 is 0. The first-order chi connectivity index (χ1) is 8.40. The first-order valence-corrected chi connectivity index (χ1v) is 6.14. The molecule has 100 valence electrons. The molecule has 0 amide bonds. The predicted octanol–water partition coefficient (Wildman–Crippen LogP) is 2.03. The molecule has 0 aliphatic heterocycles. The van der Waals surface area contributed by atoms with E-state index in [1.807, 2.05) is 51.0 Å². The van der Waals surface area contributed by atoms with Crippen LogP contribution in [-0.4, -0.2) is 26.1 Å². The van der Waals surface area contributed by atoms with E-state index in [9.17, 15) is 4.79 Å². The van der Waals surface area contributed by atoms with Gasteiger partial charge >= 0.3 is 5.97 Å². The van der Waals surface area contributed by atoms with Crippen LogP contribution in [0.2, 0.25) is 0 Å². The van der Waals surface area contributed by atoms with Gasteiger partial charge in [0.25, 0.3) is 0 Å². The molecule has 0 aliphatic carbocycles. The smallest absolute Gasteiger partial charge is 0.328 e. The first kappa shape index (κ1) is 14.5. The third kappa shape index (κ3) is 4.37. The predicted molar refractivity (Wildman–Crippen MR) is 73.8 cm³/mol. The van der Waals surface area contributed by atoms with E-state index in [2.05, 4.69) is 0 Å². The summed E-state index contributed by atoms with van der Waals surface area (Å²) in [6.45, 7) is 4.06. The number of hydrogen-bond acceptors (Lipinski definition) is 4. The average molecular weight is 250 g/mol. The molecule has 0 radical (unpaired) electrons. The van der Waals surface area contributed by atoms with Crippen LogP contribution >= 0.6 is 0 Å². The quantitative estimate of drug-likeness (QED) is 0.641. The molecule has 0 saturated heterocycles. The summed E-state index contributed by atoms with van der Waals surface area (Å²) in [5.74, 6) is 0.533. The van der Waals surface area contributed by atoms with Gasteiger partial charge in [0.1, 0.15) is 11.8 Å². The highest BCUT2D eigenvalue weighted by molar-refractivity contribution is 5.78. The van der Waals surface area contributed by atoms with Crippen molar-refractivity contribution < 1.29 is 9.53 Å². The molecule has 18 heavy (non-hydrogen) atoms. The maximum Gasteiger partial charge on any atom is 0.328 e. The molecule has 0 heterocycles. The number of carbonyl (C=O) groups is 1. The largest absolute Gasteiger partial charge is 0.425 e. The van der Waals surface area contributed by atoms with Crippen molar-refractivity contribution >= 4 is 11.7 Å². The maximum atomic E-state index is 11.8. The third-order valence-electron chi connectivity index (χ3n) is 2.58. The van der Waals surface area contributed by atoms with Gasteiger partial charge in [0.15, 0.2) is 0 Å². The van der Waals surface area contributed by atoms with E-state index < -0.39 is 6.04 Å². The highest BCUT2D eigenvalue weighted by Crippen LogP contribution is 2.20. The summed E-state index contributed by atoms with van der Waals surface area (Å²) < 4.78 is 5.28. The van der Waals surface area contributed by atoms with Crippen molar-refractivity contribution in [3.05, 3.63) is 24.3 Å². The number of benzene rings is 1. The van der Waals surface area contributed by atoms with Crippen molar-refractivity contribution in [2.24, 2.45) is 11.7 Å². The van der Waals surface area contributed by atoms with Crippen molar-refractivity contribution in [1.82, 2.24) is 0 Å². The zero-order chi connectivity index (χ0) is 13.7. The lowest BCUT2D eigenvalue weighted by molar-refractivity contribution is -0.136. The summed E-state index contributed by atoms with van der Waals surface area (Å²) in [5, 5.41) is 0. The highest BCUT2D eigenvalue weighted by Gasteiger charge is 2.17. The Morgan fingerprint density at radius 1 is 1.39 bits per heavy atom. The number of hydrogen-bond donors (Lipinski definition) is 1. The number of nitrogens with two attached hydrogens (primary N) is 1. The van der Waals surface area contributed by atoms with Crippen molar-refractivity contribution in [3.63, 3.8) is 0 Å². The summed E-state index contributed by atoms with van der Waals surface area (Å²) in [6.07, 6.45) is 0.631. The van der Waals surface area contributed by atoms with Crippen molar-refractivity contribution in [2.75, 3.05) is 19.0 Å². The highest BCUT2D eigenvalue weighted by atomic mass is 16.5. The van der Waals surface area contributed by atoms with E-state index in [1.165, 1.54) is 0 Å². The lowest BCUT2D eigenvalue weighted by Crippen LogP contribution is -2.35. The van der Waals surface area contributed by atoms with Gasteiger partial charge in [0, 0.05) is 25.8 Å². The number of carbonyl (C=O) groups excluding carboxylic acids is 1. The molecule has 0 aliphatic rings. The molecule has 1 aromatic rings. The average Bonchev–Trinajstić information content (AvgIpc) is 2.28. The third-order valence-corrected chi connectivity index (χ3v) is 2.58. The van der Waals surface area contributed by atoms with Crippen molar-refractivity contribution in [3.8, 4) is 5.75 Å². The second-order valence-corrected chi connectivity index (χ2v) is 5.05. The van der Waals surface area contributed by atoms with Crippen LogP contribution in [-0.2, 0) is 4.79 Å². The molecule has 0 fully saturated rings. The zero-order valence-electron chi connectivity index (χ0n) is 11.5. The van der Waals surface area contributed by atoms with Gasteiger partial charge in [-0.25, -0.2) is 4.79 Å². The van der Waals surface area contributed by atoms with Crippen LogP contribution in [0.3, 0.4) is 0 Å². The van der Waals surface area contributed by atoms with Gasteiger partial charge in [-0.3, -0.25) is 0 Å². The van der Waals surface area contributed by atoms with Crippen LogP contribution in [0.4, 0.5) is 5.69 Å². The number of nitrogens with zero attached hydrogens (tertiary/aromatic N) is 1. The number of esters is 1. The summed E-state index contributed by atoms with van der Waals surface area (Å²) in [4.78, 5) is 13.7. The molecule has 1 unspecified atom stereocenters. The fraction of sp³-hybridized carbons (Fsp3) is 0.500. The SMILES string of the molecule is CC(C)CC(N)C(=O)Oc1cccc(N(C)C)c1. The van der Waals surface area contributed by atoms with Crippen molar-refractivity contribution in [1.29, 1.82) is 0 Å². The van der Waals surface area contributed by atoms with Gasteiger partial charge in [-0.2, -0.15) is 0 Å². The van der Waals surface area contributed by atoms with Crippen LogP contribution in [0.5, 0.6) is 5.75 Å². The maximum absolute atomic E-state index is 11.8. The Hall–Kier alpha value is -1.55. The molecule has 2 N–H and O–H groups in total. The molecule has 1 aromatic carbocycles. The number of ether oxygens (including phenoxy) is 1. The lowest BCUT2D eigenvalue weighted by Gasteiger charge is -2.15. The van der Waals surface area contributed by atoms with Crippen LogP contribution in [0, 0.1) is 5.92 Å². The zero-order valence-corrected chi connectivity index (χ0v) is 11.5. The van der Waals surface area contributed by atoms with Crippen LogP contribution < -0.4 is 15.4 Å². The van der Waals surface area contributed by atoms with Gasteiger partial charge in [-0.05, 0) is 24.5 Å². The minimum Gasteiger partial charge on any atom is -0.425 e. The second-order valence-electron chi connectivity index (χ2n) is 5.05. The minimum absolute atomic E-state index is 0.375. The molecule has 4 nitrogen and oxygen atoms in total. The molecule has 0 bridgehead atoms. The van der Waals surface area contributed by atoms with Gasteiger partial charge in [-0.15, -0.1) is 0 Å². The summed E-state index contributed by atoms with van der Waals surface area (Å²) in [5.41, 5.74) is 6.76. The van der Waals surface area contributed by atoms with Crippen LogP contribution in [0.25, 0.3) is 0 Å². The second kappa shape index (κ2) is 6.40. The Morgan fingerprint density at radius 3 is 2.61 bits per heavy atom. The molecule has 0 spiro atoms.